The van der Waals surface area contributed by atoms with Crippen molar-refractivity contribution in [3.63, 3.8) is 0 Å². The third kappa shape index (κ3) is 3.71. The molecule has 4 N–H and O–H groups in total. The van der Waals surface area contributed by atoms with Crippen molar-refractivity contribution in [1.29, 1.82) is 0 Å². The van der Waals surface area contributed by atoms with Gasteiger partial charge in [-0.25, -0.2) is 0 Å². The molecule has 0 unspecified atom stereocenters. The Hall–Kier alpha value is -3.11. The van der Waals surface area contributed by atoms with Gasteiger partial charge < -0.3 is 39.1 Å². The summed E-state index contributed by atoms with van der Waals surface area (Å²) in [5.41, 5.74) is 0.251. The van der Waals surface area contributed by atoms with Crippen molar-refractivity contribution in [3.8, 4) is 28.6 Å². The molecule has 30 heavy (non-hydrogen) atoms. The van der Waals surface area contributed by atoms with E-state index >= 15 is 0 Å². The number of hydrogen-bond donors (Lipinski definition) is 4. The highest BCUT2D eigenvalue weighted by molar-refractivity contribution is 5.86. The predicted octanol–water partition coefficient (Wildman–Crippen LogP) is 0.992. The van der Waals surface area contributed by atoms with Crippen molar-refractivity contribution in [2.24, 2.45) is 0 Å². The molecule has 1 fully saturated rings. The molecule has 1 aliphatic heterocycles. The van der Waals surface area contributed by atoms with E-state index in [1.165, 1.54) is 18.2 Å². The van der Waals surface area contributed by atoms with Gasteiger partial charge in [-0.05, 0) is 24.3 Å². The summed E-state index contributed by atoms with van der Waals surface area (Å²) in [6.07, 6.45) is -5.66. The van der Waals surface area contributed by atoms with Crippen LogP contribution in [0.4, 0.5) is 0 Å². The highest BCUT2D eigenvalue weighted by Gasteiger charge is 2.39. The fourth-order valence-corrected chi connectivity index (χ4v) is 3.24. The lowest BCUT2D eigenvalue weighted by Crippen LogP contribution is -2.54. The van der Waals surface area contributed by atoms with Crippen molar-refractivity contribution in [2.75, 3.05) is 13.7 Å². The van der Waals surface area contributed by atoms with Crippen LogP contribution in [0.1, 0.15) is 0 Å². The Bertz CT molecular complexity index is 1110. The first-order chi connectivity index (χ1) is 14.4. The number of aliphatic hydroxyl groups is 3. The zero-order valence-corrected chi connectivity index (χ0v) is 15.9. The largest absolute Gasteiger partial charge is 0.508 e. The third-order valence-electron chi connectivity index (χ3n) is 4.85. The summed E-state index contributed by atoms with van der Waals surface area (Å²) in [5.74, 6) is 0.596. The van der Waals surface area contributed by atoms with Crippen LogP contribution in [0.15, 0.2) is 51.7 Å². The van der Waals surface area contributed by atoms with Gasteiger partial charge in [0.15, 0.2) is 5.43 Å². The van der Waals surface area contributed by atoms with Gasteiger partial charge in [-0.3, -0.25) is 4.79 Å². The monoisotopic (exact) mass is 416 g/mol. The number of benzene rings is 2. The topological polar surface area (TPSA) is 139 Å². The second-order valence-electron chi connectivity index (χ2n) is 6.89. The molecule has 4 rings (SSSR count). The summed E-state index contributed by atoms with van der Waals surface area (Å²) in [6, 6.07) is 10.6. The third-order valence-corrected chi connectivity index (χ3v) is 4.85. The molecule has 0 radical (unpaired) electrons. The number of rotatable bonds is 4. The Morgan fingerprint density at radius 1 is 1.03 bits per heavy atom. The van der Waals surface area contributed by atoms with Crippen LogP contribution >= 0.6 is 0 Å². The molecule has 3 aromatic rings. The minimum absolute atomic E-state index is 0.0291. The molecule has 0 saturated carbocycles. The molecule has 9 nitrogen and oxygen atoms in total. The first-order valence-corrected chi connectivity index (χ1v) is 9.15. The van der Waals surface area contributed by atoms with E-state index in [0.29, 0.717) is 11.3 Å². The van der Waals surface area contributed by atoms with Gasteiger partial charge in [0.1, 0.15) is 52.3 Å². The molecule has 0 spiro atoms. The standard InChI is InChI=1S/C21H20O9/c1-27-12-4-2-10(3-5-12)15-8-13(23)18-16(29-15)6-11(22)7-17(18)30-21-20(26)19(25)14(24)9-28-21/h2-8,14,19-22,24-26H,9H2,1H3/t14-,19+,20-,21+/m1/s1. The summed E-state index contributed by atoms with van der Waals surface area (Å²) in [7, 11) is 1.54. The molecule has 9 heteroatoms. The zero-order valence-electron chi connectivity index (χ0n) is 15.9. The molecule has 158 valence electrons. The summed E-state index contributed by atoms with van der Waals surface area (Å²) in [4.78, 5) is 12.8. The lowest BCUT2D eigenvalue weighted by molar-refractivity contribution is -0.241. The molecule has 0 amide bonds. The minimum atomic E-state index is -1.56. The summed E-state index contributed by atoms with van der Waals surface area (Å²) < 4.78 is 21.7. The van der Waals surface area contributed by atoms with Crippen LogP contribution in [0.2, 0.25) is 0 Å². The molecular formula is C21H20O9. The van der Waals surface area contributed by atoms with E-state index in [-0.39, 0.29) is 34.8 Å². The van der Waals surface area contributed by atoms with E-state index < -0.39 is 30.0 Å². The van der Waals surface area contributed by atoms with Crippen LogP contribution in [-0.2, 0) is 4.74 Å². The molecular weight excluding hydrogens is 396 g/mol. The lowest BCUT2D eigenvalue weighted by atomic mass is 10.1. The highest BCUT2D eigenvalue weighted by Crippen LogP contribution is 2.33. The zero-order chi connectivity index (χ0) is 21.4. The van der Waals surface area contributed by atoms with E-state index in [1.54, 1.807) is 31.4 Å². The average molecular weight is 416 g/mol. The molecule has 2 heterocycles. The maximum absolute atomic E-state index is 12.8. The summed E-state index contributed by atoms with van der Waals surface area (Å²) in [5, 5.41) is 39.6. The predicted molar refractivity (Wildman–Crippen MR) is 105 cm³/mol. The molecule has 1 aromatic heterocycles. The van der Waals surface area contributed by atoms with E-state index in [2.05, 4.69) is 0 Å². The number of methoxy groups -OCH3 is 1. The van der Waals surface area contributed by atoms with Gasteiger partial charge in [-0.1, -0.05) is 0 Å². The van der Waals surface area contributed by atoms with Crippen molar-refractivity contribution >= 4 is 11.0 Å². The van der Waals surface area contributed by atoms with Gasteiger partial charge in [-0.2, -0.15) is 0 Å². The highest BCUT2D eigenvalue weighted by atomic mass is 16.7. The molecule has 2 aromatic carbocycles. The smallest absolute Gasteiger partial charge is 0.228 e. The molecule has 4 atom stereocenters. The Labute approximate surface area is 170 Å². The van der Waals surface area contributed by atoms with Crippen LogP contribution in [0.5, 0.6) is 17.2 Å². The van der Waals surface area contributed by atoms with Crippen molar-refractivity contribution in [1.82, 2.24) is 0 Å². The van der Waals surface area contributed by atoms with E-state index in [4.69, 9.17) is 18.6 Å². The molecule has 1 saturated heterocycles. The van der Waals surface area contributed by atoms with Gasteiger partial charge in [-0.15, -0.1) is 0 Å². The van der Waals surface area contributed by atoms with Crippen LogP contribution in [0.3, 0.4) is 0 Å². The second-order valence-corrected chi connectivity index (χ2v) is 6.89. The molecule has 1 aliphatic rings. The number of aliphatic hydroxyl groups excluding tert-OH is 3. The maximum Gasteiger partial charge on any atom is 0.228 e. The maximum atomic E-state index is 12.8. The number of aromatic hydroxyl groups is 1. The minimum Gasteiger partial charge on any atom is -0.508 e. The lowest BCUT2D eigenvalue weighted by Gasteiger charge is -2.35. The summed E-state index contributed by atoms with van der Waals surface area (Å²) in [6.45, 7) is -0.268. The Balaban J connectivity index is 1.74. The second kappa shape index (κ2) is 7.96. The van der Waals surface area contributed by atoms with Crippen LogP contribution in [-0.4, -0.2) is 58.7 Å². The Morgan fingerprint density at radius 3 is 2.47 bits per heavy atom. The van der Waals surface area contributed by atoms with E-state index in [9.17, 15) is 25.2 Å². The van der Waals surface area contributed by atoms with Gasteiger partial charge in [0.2, 0.25) is 6.29 Å². The normalized spacial score (nSPS) is 24.0. The SMILES string of the molecule is COc1ccc(-c2cc(=O)c3c(O[C@@H]4OC[C@@H](O)[C@H](O)[C@H]4O)cc(O)cc3o2)cc1. The van der Waals surface area contributed by atoms with E-state index in [0.717, 1.165) is 0 Å². The van der Waals surface area contributed by atoms with Crippen LogP contribution in [0, 0.1) is 0 Å². The summed E-state index contributed by atoms with van der Waals surface area (Å²) >= 11 is 0. The van der Waals surface area contributed by atoms with Gasteiger partial charge in [0, 0.05) is 23.8 Å². The molecule has 0 aliphatic carbocycles. The first kappa shape index (κ1) is 20.2. The quantitative estimate of drug-likeness (QED) is 0.490. The number of phenolic OH excluding ortho intramolecular Hbond substituents is 1. The van der Waals surface area contributed by atoms with Crippen molar-refractivity contribution in [2.45, 2.75) is 24.6 Å². The van der Waals surface area contributed by atoms with Crippen molar-refractivity contribution < 1.29 is 39.1 Å². The van der Waals surface area contributed by atoms with Gasteiger partial charge >= 0.3 is 0 Å². The van der Waals surface area contributed by atoms with Crippen LogP contribution < -0.4 is 14.9 Å². The first-order valence-electron chi connectivity index (χ1n) is 9.15. The van der Waals surface area contributed by atoms with Crippen molar-refractivity contribution in [3.05, 3.63) is 52.7 Å². The number of fused-ring (bicyclic) bond motifs is 1. The fraction of sp³-hybridized carbons (Fsp3) is 0.286. The van der Waals surface area contributed by atoms with E-state index in [1.807, 2.05) is 0 Å². The number of phenols is 1. The van der Waals surface area contributed by atoms with Gasteiger partial charge in [0.25, 0.3) is 0 Å². The Morgan fingerprint density at radius 2 is 1.77 bits per heavy atom. The average Bonchev–Trinajstić information content (AvgIpc) is 2.73. The fourth-order valence-electron chi connectivity index (χ4n) is 3.24. The number of ether oxygens (including phenoxy) is 3. The molecule has 0 bridgehead atoms. The van der Waals surface area contributed by atoms with Crippen LogP contribution in [0.25, 0.3) is 22.3 Å². The number of hydrogen-bond acceptors (Lipinski definition) is 9. The Kier molecular flexibility index (Phi) is 5.35. The van der Waals surface area contributed by atoms with Gasteiger partial charge in [0.05, 0.1) is 13.7 Å².